The van der Waals surface area contributed by atoms with Gasteiger partial charge in [0.05, 0.1) is 22.4 Å². The van der Waals surface area contributed by atoms with Crippen molar-refractivity contribution in [3.8, 4) is 39.3 Å². The van der Waals surface area contributed by atoms with Gasteiger partial charge in [-0.2, -0.15) is 0 Å². The maximum atomic E-state index is 5.17. The van der Waals surface area contributed by atoms with Crippen molar-refractivity contribution in [3.05, 3.63) is 181 Å². The number of para-hydroxylation sites is 1. The molecule has 2 unspecified atom stereocenters. The van der Waals surface area contributed by atoms with Gasteiger partial charge in [0.2, 0.25) is 0 Å². The fourth-order valence-electron chi connectivity index (χ4n) is 8.97. The van der Waals surface area contributed by atoms with Gasteiger partial charge in [-0.15, -0.1) is 0 Å². The molecule has 2 heterocycles. The summed E-state index contributed by atoms with van der Waals surface area (Å²) in [6.45, 7) is 4.92. The molecule has 10 rings (SSSR count). The topological polar surface area (TPSA) is 17.8 Å². The Morgan fingerprint density at radius 3 is 1.82 bits per heavy atom. The van der Waals surface area contributed by atoms with E-state index >= 15 is 0 Å². The van der Waals surface area contributed by atoms with Crippen LogP contribution in [0.1, 0.15) is 30.9 Å². The zero-order chi connectivity index (χ0) is 33.4. The molecule has 0 fully saturated rings. The molecule has 2 aliphatic rings. The molecule has 0 spiro atoms. The molecule has 2 heteroatoms. The van der Waals surface area contributed by atoms with Crippen LogP contribution in [0, 0.1) is 5.92 Å². The molecule has 0 bridgehead atoms. The second-order valence-electron chi connectivity index (χ2n) is 14.4. The highest BCUT2D eigenvalue weighted by Gasteiger charge is 2.47. The maximum absolute atomic E-state index is 5.17. The summed E-state index contributed by atoms with van der Waals surface area (Å²) in [5, 5.41) is 5.30. The summed E-state index contributed by atoms with van der Waals surface area (Å²) in [6, 6.07) is 52.7. The van der Waals surface area contributed by atoms with Crippen LogP contribution in [-0.4, -0.2) is 9.55 Å². The first-order chi connectivity index (χ1) is 24.6. The van der Waals surface area contributed by atoms with Crippen LogP contribution < -0.4 is 0 Å². The predicted molar refractivity (Wildman–Crippen MR) is 210 cm³/mol. The average molecular weight is 641 g/mol. The fraction of sp³-hybridized carbons (Fsp3) is 0.104. The number of allylic oxidation sites excluding steroid dienone is 4. The molecule has 0 N–H and O–H groups in total. The molecule has 238 valence electrons. The summed E-state index contributed by atoms with van der Waals surface area (Å²) in [4.78, 5) is 5.17. The third-order valence-corrected chi connectivity index (χ3v) is 11.2. The summed E-state index contributed by atoms with van der Waals surface area (Å²) in [5.74, 6) is 0.751. The van der Waals surface area contributed by atoms with E-state index in [4.69, 9.17) is 4.98 Å². The monoisotopic (exact) mass is 640 g/mol. The minimum Gasteiger partial charge on any atom is -0.309 e. The molecule has 50 heavy (non-hydrogen) atoms. The molecule has 0 aliphatic heterocycles. The van der Waals surface area contributed by atoms with Gasteiger partial charge in [-0.1, -0.05) is 147 Å². The number of fused-ring (bicyclic) bond motifs is 10. The molecule has 0 amide bonds. The first-order valence-corrected chi connectivity index (χ1v) is 17.6. The lowest BCUT2D eigenvalue weighted by Crippen LogP contribution is -2.25. The van der Waals surface area contributed by atoms with Crippen molar-refractivity contribution >= 4 is 32.6 Å². The summed E-state index contributed by atoms with van der Waals surface area (Å²) in [5.41, 5.74) is 13.2. The van der Waals surface area contributed by atoms with Gasteiger partial charge in [0, 0.05) is 33.5 Å². The minimum absolute atomic E-state index is 0.0620. The molecule has 0 radical (unpaired) electrons. The maximum Gasteiger partial charge on any atom is 0.0715 e. The quantitative estimate of drug-likeness (QED) is 0.187. The number of aromatic nitrogens is 2. The van der Waals surface area contributed by atoms with E-state index in [1.807, 2.05) is 0 Å². The zero-order valence-corrected chi connectivity index (χ0v) is 28.2. The van der Waals surface area contributed by atoms with E-state index in [0.29, 0.717) is 11.8 Å². The third-order valence-electron chi connectivity index (χ3n) is 11.2. The molecular weight excluding hydrogens is 605 g/mol. The van der Waals surface area contributed by atoms with E-state index < -0.39 is 0 Å². The van der Waals surface area contributed by atoms with Crippen LogP contribution in [0.2, 0.25) is 0 Å². The molecule has 2 atom stereocenters. The van der Waals surface area contributed by atoms with Crippen molar-refractivity contribution in [2.75, 3.05) is 0 Å². The van der Waals surface area contributed by atoms with Crippen LogP contribution in [0.4, 0.5) is 0 Å². The zero-order valence-electron chi connectivity index (χ0n) is 28.2. The molecular formula is C48H36N2. The SMILES string of the molecule is CC1(C)c2c(c3ccccc3c3c4cc(-c5cc(-c6ccccc6)nc(-c6ccccc6)c5)ccc4n(-c4ccccc4)c23)C2C=CC=CC21. The van der Waals surface area contributed by atoms with E-state index in [9.17, 15) is 0 Å². The highest BCUT2D eigenvalue weighted by atomic mass is 15.0. The number of nitrogens with zero attached hydrogens (tertiary/aromatic N) is 2. The Labute approximate surface area is 292 Å². The summed E-state index contributed by atoms with van der Waals surface area (Å²) in [7, 11) is 0. The minimum atomic E-state index is -0.0620. The van der Waals surface area contributed by atoms with Crippen LogP contribution >= 0.6 is 0 Å². The van der Waals surface area contributed by atoms with Crippen LogP contribution in [0.5, 0.6) is 0 Å². The lowest BCUT2D eigenvalue weighted by molar-refractivity contribution is 0.396. The van der Waals surface area contributed by atoms with Crippen LogP contribution in [0.25, 0.3) is 71.9 Å². The Bertz CT molecular complexity index is 2600. The predicted octanol–water partition coefficient (Wildman–Crippen LogP) is 12.4. The average Bonchev–Trinajstić information content (AvgIpc) is 3.64. The van der Waals surface area contributed by atoms with Gasteiger partial charge in [-0.25, -0.2) is 4.98 Å². The van der Waals surface area contributed by atoms with Gasteiger partial charge in [-0.3, -0.25) is 0 Å². The van der Waals surface area contributed by atoms with Crippen LogP contribution in [0.15, 0.2) is 170 Å². The standard InChI is InChI=1S/C48H36N2/c1-48(2)40-25-15-14-24-38(40)44-36-22-12-13-23-37(36)45-39-28-33(26-27-43(39)50(47(45)46(44)48)35-20-10-5-11-21-35)34-29-41(31-16-6-3-7-17-31)49-42(30-34)32-18-8-4-9-19-32/h3-30,38,40H,1-2H3. The number of benzene rings is 6. The highest BCUT2D eigenvalue weighted by Crippen LogP contribution is 2.58. The van der Waals surface area contributed by atoms with Crippen molar-refractivity contribution < 1.29 is 0 Å². The Balaban J connectivity index is 1.32. The normalized spacial score (nSPS) is 17.4. The smallest absolute Gasteiger partial charge is 0.0715 e. The number of hydrogen-bond donors (Lipinski definition) is 0. The lowest BCUT2D eigenvalue weighted by atomic mass is 9.74. The van der Waals surface area contributed by atoms with Crippen LogP contribution in [-0.2, 0) is 5.41 Å². The van der Waals surface area contributed by atoms with E-state index in [-0.39, 0.29) is 5.41 Å². The lowest BCUT2D eigenvalue weighted by Gasteiger charge is -2.30. The second kappa shape index (κ2) is 11.0. The Morgan fingerprint density at radius 2 is 1.14 bits per heavy atom. The summed E-state index contributed by atoms with van der Waals surface area (Å²) < 4.78 is 2.55. The van der Waals surface area contributed by atoms with E-state index in [1.54, 1.807) is 0 Å². The first-order valence-electron chi connectivity index (χ1n) is 17.6. The van der Waals surface area contributed by atoms with Gasteiger partial charge >= 0.3 is 0 Å². The van der Waals surface area contributed by atoms with Crippen LogP contribution in [0.3, 0.4) is 0 Å². The molecule has 8 aromatic rings. The molecule has 2 nitrogen and oxygen atoms in total. The van der Waals surface area contributed by atoms with E-state index in [2.05, 4.69) is 188 Å². The summed E-state index contributed by atoms with van der Waals surface area (Å²) in [6.07, 6.45) is 9.36. The van der Waals surface area contributed by atoms with Gasteiger partial charge in [0.1, 0.15) is 0 Å². The molecule has 2 aromatic heterocycles. The van der Waals surface area contributed by atoms with E-state index in [1.165, 1.54) is 55.0 Å². The Hall–Kier alpha value is -5.99. The second-order valence-corrected chi connectivity index (χ2v) is 14.4. The van der Waals surface area contributed by atoms with E-state index in [0.717, 1.165) is 28.1 Å². The number of rotatable bonds is 4. The van der Waals surface area contributed by atoms with Gasteiger partial charge in [0.25, 0.3) is 0 Å². The van der Waals surface area contributed by atoms with Gasteiger partial charge in [-0.05, 0) is 80.8 Å². The third kappa shape index (κ3) is 4.25. The van der Waals surface area contributed by atoms with Crippen molar-refractivity contribution in [2.24, 2.45) is 5.92 Å². The number of hydrogen-bond acceptors (Lipinski definition) is 1. The largest absolute Gasteiger partial charge is 0.309 e. The Kier molecular flexibility index (Phi) is 6.38. The molecule has 0 saturated carbocycles. The Morgan fingerprint density at radius 1 is 0.540 bits per heavy atom. The van der Waals surface area contributed by atoms with Crippen molar-refractivity contribution in [1.82, 2.24) is 9.55 Å². The number of pyridine rings is 1. The van der Waals surface area contributed by atoms with Crippen molar-refractivity contribution in [1.29, 1.82) is 0 Å². The molecule has 6 aromatic carbocycles. The molecule has 0 saturated heterocycles. The highest BCUT2D eigenvalue weighted by molar-refractivity contribution is 6.24. The van der Waals surface area contributed by atoms with Crippen molar-refractivity contribution in [2.45, 2.75) is 25.2 Å². The first kappa shape index (κ1) is 29.0. The van der Waals surface area contributed by atoms with Gasteiger partial charge < -0.3 is 4.57 Å². The van der Waals surface area contributed by atoms with Crippen molar-refractivity contribution in [3.63, 3.8) is 0 Å². The molecule has 2 aliphatic carbocycles. The van der Waals surface area contributed by atoms with Gasteiger partial charge in [0.15, 0.2) is 0 Å². The fourth-order valence-corrected chi connectivity index (χ4v) is 8.97. The summed E-state index contributed by atoms with van der Waals surface area (Å²) >= 11 is 0.